The fourth-order valence-electron chi connectivity index (χ4n) is 1.40. The summed E-state index contributed by atoms with van der Waals surface area (Å²) in [6.07, 6.45) is 3.98. The molecule has 1 aliphatic rings. The van der Waals surface area contributed by atoms with Gasteiger partial charge in [0.05, 0.1) is 6.61 Å². The smallest absolute Gasteiger partial charge is 0.0624 e. The Bertz CT molecular complexity index is 104. The fourth-order valence-corrected chi connectivity index (χ4v) is 2.74. The molecular weight excluding hydrogens is 158 g/mol. The standard InChI is InChI=1S/C8H17NOS/c1-10-6-7(9)8-4-2-3-5-11-8/h7-8H,2-6,9H2,1H3. The SMILES string of the molecule is COCC(N)C1CCCCS1. The summed E-state index contributed by atoms with van der Waals surface area (Å²) in [6, 6.07) is 0.241. The molecule has 66 valence electrons. The predicted molar refractivity (Wildman–Crippen MR) is 49.9 cm³/mol. The van der Waals surface area contributed by atoms with E-state index in [9.17, 15) is 0 Å². The summed E-state index contributed by atoms with van der Waals surface area (Å²) < 4.78 is 5.02. The zero-order valence-electron chi connectivity index (χ0n) is 7.08. The molecule has 2 N–H and O–H groups in total. The van der Waals surface area contributed by atoms with E-state index >= 15 is 0 Å². The number of methoxy groups -OCH3 is 1. The quantitative estimate of drug-likeness (QED) is 0.701. The van der Waals surface area contributed by atoms with Crippen molar-refractivity contribution in [3.63, 3.8) is 0 Å². The Balaban J connectivity index is 2.21. The summed E-state index contributed by atoms with van der Waals surface area (Å²) in [6.45, 7) is 0.706. The molecule has 0 spiro atoms. The highest BCUT2D eigenvalue weighted by Crippen LogP contribution is 2.26. The molecule has 1 rings (SSSR count). The van der Waals surface area contributed by atoms with Crippen LogP contribution in [0.15, 0.2) is 0 Å². The van der Waals surface area contributed by atoms with Gasteiger partial charge in [-0.2, -0.15) is 11.8 Å². The average Bonchev–Trinajstić information content (AvgIpc) is 2.07. The molecule has 3 heteroatoms. The Hall–Kier alpha value is 0.270. The number of thioether (sulfide) groups is 1. The fraction of sp³-hybridized carbons (Fsp3) is 1.00. The van der Waals surface area contributed by atoms with E-state index in [0.717, 1.165) is 0 Å². The minimum Gasteiger partial charge on any atom is -0.383 e. The number of hydrogen-bond donors (Lipinski definition) is 1. The number of nitrogens with two attached hydrogens (primary N) is 1. The third kappa shape index (κ3) is 3.01. The Kier molecular flexibility index (Phi) is 4.26. The van der Waals surface area contributed by atoms with Gasteiger partial charge in [0.2, 0.25) is 0 Å². The first-order valence-corrected chi connectivity index (χ1v) is 5.25. The highest BCUT2D eigenvalue weighted by Gasteiger charge is 2.20. The molecule has 2 nitrogen and oxygen atoms in total. The first-order valence-electron chi connectivity index (χ1n) is 4.20. The molecule has 2 unspecified atom stereocenters. The third-order valence-electron chi connectivity index (χ3n) is 2.05. The van der Waals surface area contributed by atoms with E-state index in [1.54, 1.807) is 7.11 Å². The number of hydrogen-bond acceptors (Lipinski definition) is 3. The van der Waals surface area contributed by atoms with Crippen molar-refractivity contribution in [3.05, 3.63) is 0 Å². The Morgan fingerprint density at radius 2 is 2.45 bits per heavy atom. The zero-order valence-corrected chi connectivity index (χ0v) is 7.90. The second-order valence-corrected chi connectivity index (χ2v) is 4.37. The molecule has 2 atom stereocenters. The minimum absolute atomic E-state index is 0.241. The van der Waals surface area contributed by atoms with Crippen LogP contribution in [0.25, 0.3) is 0 Å². The molecule has 0 aromatic rings. The van der Waals surface area contributed by atoms with Gasteiger partial charge in [0.1, 0.15) is 0 Å². The van der Waals surface area contributed by atoms with Crippen molar-refractivity contribution in [1.82, 2.24) is 0 Å². The van der Waals surface area contributed by atoms with E-state index < -0.39 is 0 Å². The maximum atomic E-state index is 5.91. The van der Waals surface area contributed by atoms with Crippen molar-refractivity contribution in [2.45, 2.75) is 30.6 Å². The largest absolute Gasteiger partial charge is 0.383 e. The van der Waals surface area contributed by atoms with Gasteiger partial charge in [-0.25, -0.2) is 0 Å². The topological polar surface area (TPSA) is 35.2 Å². The summed E-state index contributed by atoms with van der Waals surface area (Å²) in [4.78, 5) is 0. The summed E-state index contributed by atoms with van der Waals surface area (Å²) in [5.74, 6) is 1.28. The van der Waals surface area contributed by atoms with E-state index in [4.69, 9.17) is 10.5 Å². The lowest BCUT2D eigenvalue weighted by molar-refractivity contribution is 0.177. The second-order valence-electron chi connectivity index (χ2n) is 3.02. The molecule has 0 aromatic carbocycles. The summed E-state index contributed by atoms with van der Waals surface area (Å²) in [7, 11) is 1.72. The van der Waals surface area contributed by atoms with Crippen LogP contribution in [0.2, 0.25) is 0 Å². The van der Waals surface area contributed by atoms with Gasteiger partial charge in [0.25, 0.3) is 0 Å². The van der Waals surface area contributed by atoms with Crippen molar-refractivity contribution in [3.8, 4) is 0 Å². The van der Waals surface area contributed by atoms with Gasteiger partial charge in [0.15, 0.2) is 0 Å². The molecule has 0 aliphatic carbocycles. The molecule has 0 amide bonds. The van der Waals surface area contributed by atoms with Crippen LogP contribution in [0.5, 0.6) is 0 Å². The molecule has 1 fully saturated rings. The van der Waals surface area contributed by atoms with Gasteiger partial charge >= 0.3 is 0 Å². The van der Waals surface area contributed by atoms with Crippen LogP contribution < -0.4 is 5.73 Å². The van der Waals surface area contributed by atoms with Crippen LogP contribution in [0, 0.1) is 0 Å². The van der Waals surface area contributed by atoms with Crippen molar-refractivity contribution in [1.29, 1.82) is 0 Å². The first-order chi connectivity index (χ1) is 5.34. The van der Waals surface area contributed by atoms with Crippen molar-refractivity contribution < 1.29 is 4.74 Å². The van der Waals surface area contributed by atoms with E-state index in [1.807, 2.05) is 11.8 Å². The second kappa shape index (κ2) is 5.01. The van der Waals surface area contributed by atoms with E-state index in [0.29, 0.717) is 11.9 Å². The summed E-state index contributed by atoms with van der Waals surface area (Å²) in [5.41, 5.74) is 5.91. The molecule has 0 saturated carbocycles. The van der Waals surface area contributed by atoms with Crippen molar-refractivity contribution in [2.75, 3.05) is 19.5 Å². The zero-order chi connectivity index (χ0) is 8.10. The highest BCUT2D eigenvalue weighted by atomic mass is 32.2. The summed E-state index contributed by atoms with van der Waals surface area (Å²) in [5, 5.41) is 0.642. The Labute approximate surface area is 72.9 Å². The van der Waals surface area contributed by atoms with Crippen LogP contribution in [0.4, 0.5) is 0 Å². The molecule has 1 heterocycles. The van der Waals surface area contributed by atoms with E-state index in [1.165, 1.54) is 25.0 Å². The lowest BCUT2D eigenvalue weighted by Crippen LogP contribution is -2.37. The van der Waals surface area contributed by atoms with Crippen LogP contribution in [-0.2, 0) is 4.74 Å². The van der Waals surface area contributed by atoms with Gasteiger partial charge < -0.3 is 10.5 Å². The van der Waals surface area contributed by atoms with Crippen molar-refractivity contribution in [2.24, 2.45) is 5.73 Å². The van der Waals surface area contributed by atoms with Gasteiger partial charge in [-0.3, -0.25) is 0 Å². The molecule has 0 bridgehead atoms. The predicted octanol–water partition coefficient (Wildman–Crippen LogP) is 1.25. The monoisotopic (exact) mass is 175 g/mol. The minimum atomic E-state index is 0.241. The van der Waals surface area contributed by atoms with Crippen LogP contribution in [-0.4, -0.2) is 30.8 Å². The molecule has 11 heavy (non-hydrogen) atoms. The van der Waals surface area contributed by atoms with E-state index in [2.05, 4.69) is 0 Å². The normalized spacial score (nSPS) is 28.4. The van der Waals surface area contributed by atoms with Crippen LogP contribution in [0.1, 0.15) is 19.3 Å². The first kappa shape index (κ1) is 9.36. The molecule has 1 aliphatic heterocycles. The number of rotatable bonds is 3. The lowest BCUT2D eigenvalue weighted by Gasteiger charge is -2.26. The molecular formula is C8H17NOS. The molecule has 0 radical (unpaired) electrons. The van der Waals surface area contributed by atoms with Crippen LogP contribution >= 0.6 is 11.8 Å². The summed E-state index contributed by atoms with van der Waals surface area (Å²) >= 11 is 2.01. The van der Waals surface area contributed by atoms with Gasteiger partial charge in [-0.1, -0.05) is 6.42 Å². The van der Waals surface area contributed by atoms with Gasteiger partial charge in [0, 0.05) is 18.4 Å². The van der Waals surface area contributed by atoms with Crippen LogP contribution in [0.3, 0.4) is 0 Å². The van der Waals surface area contributed by atoms with Gasteiger partial charge in [-0.15, -0.1) is 0 Å². The average molecular weight is 175 g/mol. The third-order valence-corrected chi connectivity index (χ3v) is 3.59. The maximum absolute atomic E-state index is 5.91. The molecule has 1 saturated heterocycles. The van der Waals surface area contributed by atoms with Crippen molar-refractivity contribution >= 4 is 11.8 Å². The Morgan fingerprint density at radius 1 is 1.64 bits per heavy atom. The maximum Gasteiger partial charge on any atom is 0.0624 e. The van der Waals surface area contributed by atoms with E-state index in [-0.39, 0.29) is 6.04 Å². The van der Waals surface area contributed by atoms with Gasteiger partial charge in [-0.05, 0) is 18.6 Å². The molecule has 0 aromatic heterocycles. The highest BCUT2D eigenvalue weighted by molar-refractivity contribution is 8.00. The lowest BCUT2D eigenvalue weighted by atomic mass is 10.1. The number of ether oxygens (including phenoxy) is 1. The Morgan fingerprint density at radius 3 is 3.00 bits per heavy atom.